The first-order valence-corrected chi connectivity index (χ1v) is 7.80. The Morgan fingerprint density at radius 2 is 1.95 bits per heavy atom. The van der Waals surface area contributed by atoms with Crippen LogP contribution >= 0.6 is 11.8 Å². The van der Waals surface area contributed by atoms with Crippen LogP contribution in [-0.4, -0.2) is 47.9 Å². The fourth-order valence-electron chi connectivity index (χ4n) is 1.67. The Hall–Kier alpha value is -1.69. The van der Waals surface area contributed by atoms with Crippen molar-refractivity contribution in [2.45, 2.75) is 18.7 Å². The summed E-state index contributed by atoms with van der Waals surface area (Å²) < 4.78 is 0. The SMILES string of the molecule is Cc1ccc(SCCNC(=O)N(C)CC(C)C(=O)O)cc1. The van der Waals surface area contributed by atoms with E-state index in [9.17, 15) is 9.59 Å². The van der Waals surface area contributed by atoms with Crippen LogP contribution in [0.25, 0.3) is 0 Å². The summed E-state index contributed by atoms with van der Waals surface area (Å²) in [6.07, 6.45) is 0. The summed E-state index contributed by atoms with van der Waals surface area (Å²) in [5.74, 6) is -0.691. The molecule has 2 N–H and O–H groups in total. The van der Waals surface area contributed by atoms with Gasteiger partial charge in [0.05, 0.1) is 5.92 Å². The number of hydrogen-bond donors (Lipinski definition) is 2. The molecule has 2 amide bonds. The normalized spacial score (nSPS) is 11.8. The molecule has 116 valence electrons. The average Bonchev–Trinajstić information content (AvgIpc) is 2.44. The second-order valence-corrected chi connectivity index (χ2v) is 6.18. The van der Waals surface area contributed by atoms with E-state index in [0.717, 1.165) is 5.75 Å². The number of urea groups is 1. The Morgan fingerprint density at radius 1 is 1.33 bits per heavy atom. The third kappa shape index (κ3) is 6.53. The molecule has 0 aliphatic heterocycles. The highest BCUT2D eigenvalue weighted by Gasteiger charge is 2.16. The number of amides is 2. The fourth-order valence-corrected chi connectivity index (χ4v) is 2.44. The number of carbonyl (C=O) groups excluding carboxylic acids is 1. The number of aliphatic carboxylic acids is 1. The van der Waals surface area contributed by atoms with Crippen molar-refractivity contribution in [3.05, 3.63) is 29.8 Å². The van der Waals surface area contributed by atoms with Crippen LogP contribution in [0.3, 0.4) is 0 Å². The topological polar surface area (TPSA) is 69.6 Å². The number of thioether (sulfide) groups is 1. The number of nitrogens with zero attached hydrogens (tertiary/aromatic N) is 1. The summed E-state index contributed by atoms with van der Waals surface area (Å²) in [6.45, 7) is 4.37. The molecule has 0 bridgehead atoms. The molecule has 0 aliphatic carbocycles. The van der Waals surface area contributed by atoms with E-state index in [-0.39, 0.29) is 12.6 Å². The molecule has 1 unspecified atom stereocenters. The van der Waals surface area contributed by atoms with E-state index in [1.807, 2.05) is 6.92 Å². The van der Waals surface area contributed by atoms with Gasteiger partial charge >= 0.3 is 12.0 Å². The van der Waals surface area contributed by atoms with Gasteiger partial charge in [0.1, 0.15) is 0 Å². The summed E-state index contributed by atoms with van der Waals surface area (Å²) in [5.41, 5.74) is 1.22. The minimum atomic E-state index is -0.899. The van der Waals surface area contributed by atoms with Crippen molar-refractivity contribution in [1.82, 2.24) is 10.2 Å². The van der Waals surface area contributed by atoms with Crippen molar-refractivity contribution >= 4 is 23.8 Å². The number of carboxylic acid groups (broad SMARTS) is 1. The lowest BCUT2D eigenvalue weighted by atomic mass is 10.2. The summed E-state index contributed by atoms with van der Waals surface area (Å²) in [6, 6.07) is 7.99. The second-order valence-electron chi connectivity index (χ2n) is 5.01. The molecule has 0 saturated heterocycles. The molecule has 21 heavy (non-hydrogen) atoms. The number of benzene rings is 1. The van der Waals surface area contributed by atoms with Gasteiger partial charge in [-0.25, -0.2) is 4.79 Å². The molecule has 1 rings (SSSR count). The number of aryl methyl sites for hydroxylation is 1. The lowest BCUT2D eigenvalue weighted by Crippen LogP contribution is -2.41. The number of carboxylic acids is 1. The van der Waals surface area contributed by atoms with Gasteiger partial charge in [-0.15, -0.1) is 11.8 Å². The average molecular weight is 310 g/mol. The smallest absolute Gasteiger partial charge is 0.317 e. The van der Waals surface area contributed by atoms with Crippen molar-refractivity contribution in [2.75, 3.05) is 25.9 Å². The highest BCUT2D eigenvalue weighted by atomic mass is 32.2. The minimum Gasteiger partial charge on any atom is -0.481 e. The van der Waals surface area contributed by atoms with Gasteiger partial charge in [0.15, 0.2) is 0 Å². The summed E-state index contributed by atoms with van der Waals surface area (Å²) >= 11 is 1.67. The lowest BCUT2D eigenvalue weighted by molar-refractivity contribution is -0.141. The zero-order chi connectivity index (χ0) is 15.8. The molecule has 0 radical (unpaired) electrons. The van der Waals surface area contributed by atoms with E-state index in [1.165, 1.54) is 15.4 Å². The molecule has 0 spiro atoms. The predicted molar refractivity (Wildman–Crippen MR) is 84.7 cm³/mol. The zero-order valence-electron chi connectivity index (χ0n) is 12.6. The summed E-state index contributed by atoms with van der Waals surface area (Å²) in [4.78, 5) is 25.1. The van der Waals surface area contributed by atoms with Crippen LogP contribution in [0.2, 0.25) is 0 Å². The van der Waals surface area contributed by atoms with Crippen LogP contribution in [0.4, 0.5) is 4.79 Å². The summed E-state index contributed by atoms with van der Waals surface area (Å²) in [5, 5.41) is 11.6. The monoisotopic (exact) mass is 310 g/mol. The first-order chi connectivity index (χ1) is 9.90. The molecule has 0 heterocycles. The van der Waals surface area contributed by atoms with E-state index in [2.05, 4.69) is 29.6 Å². The molecule has 5 nitrogen and oxygen atoms in total. The van der Waals surface area contributed by atoms with Crippen LogP contribution in [-0.2, 0) is 4.79 Å². The highest BCUT2D eigenvalue weighted by molar-refractivity contribution is 7.99. The van der Waals surface area contributed by atoms with Crippen LogP contribution in [0.5, 0.6) is 0 Å². The maximum Gasteiger partial charge on any atom is 0.317 e. The van der Waals surface area contributed by atoms with Gasteiger partial charge < -0.3 is 15.3 Å². The molecule has 0 saturated carbocycles. The lowest BCUT2D eigenvalue weighted by Gasteiger charge is -2.19. The Balaban J connectivity index is 2.24. The number of nitrogens with one attached hydrogen (secondary N) is 1. The van der Waals surface area contributed by atoms with Crippen molar-refractivity contribution in [3.8, 4) is 0 Å². The first kappa shape index (κ1) is 17.4. The predicted octanol–water partition coefficient (Wildman–Crippen LogP) is 2.45. The molecular weight excluding hydrogens is 288 g/mol. The largest absolute Gasteiger partial charge is 0.481 e. The third-order valence-corrected chi connectivity index (χ3v) is 4.00. The Kier molecular flexibility index (Phi) is 7.08. The van der Waals surface area contributed by atoms with Crippen LogP contribution in [0.15, 0.2) is 29.2 Å². The van der Waals surface area contributed by atoms with E-state index < -0.39 is 11.9 Å². The third-order valence-electron chi connectivity index (χ3n) is 2.98. The zero-order valence-corrected chi connectivity index (χ0v) is 13.4. The molecule has 1 aromatic carbocycles. The van der Waals surface area contributed by atoms with Gasteiger partial charge in [-0.1, -0.05) is 24.6 Å². The van der Waals surface area contributed by atoms with Crippen LogP contribution < -0.4 is 5.32 Å². The number of hydrogen-bond acceptors (Lipinski definition) is 3. The Bertz CT molecular complexity index is 476. The van der Waals surface area contributed by atoms with E-state index >= 15 is 0 Å². The first-order valence-electron chi connectivity index (χ1n) is 6.81. The fraction of sp³-hybridized carbons (Fsp3) is 0.467. The molecular formula is C15H22N2O3S. The standard InChI is InChI=1S/C15H22N2O3S/c1-11-4-6-13(7-5-11)21-9-8-16-15(20)17(3)10-12(2)14(18)19/h4-7,12H,8-10H2,1-3H3,(H,16,20)(H,18,19). The van der Waals surface area contributed by atoms with Crippen molar-refractivity contribution in [3.63, 3.8) is 0 Å². The summed E-state index contributed by atoms with van der Waals surface area (Å²) in [7, 11) is 1.60. The highest BCUT2D eigenvalue weighted by Crippen LogP contribution is 2.17. The van der Waals surface area contributed by atoms with Gasteiger partial charge in [0.2, 0.25) is 0 Å². The number of rotatable bonds is 7. The Labute approximate surface area is 129 Å². The van der Waals surface area contributed by atoms with Crippen molar-refractivity contribution in [1.29, 1.82) is 0 Å². The van der Waals surface area contributed by atoms with Crippen molar-refractivity contribution in [2.24, 2.45) is 5.92 Å². The van der Waals surface area contributed by atoms with Gasteiger partial charge in [0, 0.05) is 30.8 Å². The molecule has 0 fully saturated rings. The van der Waals surface area contributed by atoms with Crippen LogP contribution in [0, 0.1) is 12.8 Å². The maximum absolute atomic E-state index is 11.8. The van der Waals surface area contributed by atoms with Crippen LogP contribution in [0.1, 0.15) is 12.5 Å². The van der Waals surface area contributed by atoms with Gasteiger partial charge in [-0.3, -0.25) is 4.79 Å². The van der Waals surface area contributed by atoms with E-state index in [0.29, 0.717) is 6.54 Å². The minimum absolute atomic E-state index is 0.201. The van der Waals surface area contributed by atoms with Gasteiger partial charge in [-0.05, 0) is 19.1 Å². The number of carbonyl (C=O) groups is 2. The molecule has 0 aliphatic rings. The van der Waals surface area contributed by atoms with E-state index in [1.54, 1.807) is 25.7 Å². The van der Waals surface area contributed by atoms with Crippen molar-refractivity contribution < 1.29 is 14.7 Å². The molecule has 6 heteroatoms. The second kappa shape index (κ2) is 8.56. The van der Waals surface area contributed by atoms with Gasteiger partial charge in [0.25, 0.3) is 0 Å². The quantitative estimate of drug-likeness (QED) is 0.599. The van der Waals surface area contributed by atoms with Gasteiger partial charge in [-0.2, -0.15) is 0 Å². The molecule has 1 aromatic rings. The maximum atomic E-state index is 11.8. The van der Waals surface area contributed by atoms with E-state index in [4.69, 9.17) is 5.11 Å². The Morgan fingerprint density at radius 3 is 2.52 bits per heavy atom. The molecule has 1 atom stereocenters. The molecule has 0 aromatic heterocycles.